The average molecular weight is 353 g/mol. The minimum atomic E-state index is -2.58. The van der Waals surface area contributed by atoms with Crippen molar-refractivity contribution in [2.45, 2.75) is 45.1 Å². The van der Waals surface area contributed by atoms with Crippen molar-refractivity contribution in [1.82, 2.24) is 14.9 Å². The maximum atomic E-state index is 13.0. The van der Waals surface area contributed by atoms with E-state index in [1.165, 1.54) is 4.90 Å². The SMILES string of the molecule is Cc1nc(C(=O)N(C)CC2CC(F)(F)C2)nc(N2CC[C@@H](N)C2)c1C. The lowest BCUT2D eigenvalue weighted by Crippen LogP contribution is -2.43. The number of nitrogens with two attached hydrogens (primary N) is 1. The molecule has 25 heavy (non-hydrogen) atoms. The predicted molar refractivity (Wildman–Crippen MR) is 90.9 cm³/mol. The number of hydrogen-bond acceptors (Lipinski definition) is 5. The highest BCUT2D eigenvalue weighted by Crippen LogP contribution is 2.42. The van der Waals surface area contributed by atoms with Gasteiger partial charge in [-0.3, -0.25) is 4.79 Å². The number of halogens is 2. The number of carbonyl (C=O) groups excluding carboxylic acids is 1. The summed E-state index contributed by atoms with van der Waals surface area (Å²) in [7, 11) is 1.61. The van der Waals surface area contributed by atoms with Gasteiger partial charge in [-0.1, -0.05) is 0 Å². The fourth-order valence-corrected chi connectivity index (χ4v) is 3.55. The number of carbonyl (C=O) groups is 1. The molecule has 1 atom stereocenters. The highest BCUT2D eigenvalue weighted by atomic mass is 19.3. The van der Waals surface area contributed by atoms with Crippen molar-refractivity contribution >= 4 is 11.7 Å². The highest BCUT2D eigenvalue weighted by Gasteiger charge is 2.45. The first-order valence-corrected chi connectivity index (χ1v) is 8.65. The molecule has 8 heteroatoms. The van der Waals surface area contributed by atoms with E-state index in [4.69, 9.17) is 5.73 Å². The smallest absolute Gasteiger partial charge is 0.291 e. The molecule has 138 valence electrons. The van der Waals surface area contributed by atoms with Gasteiger partial charge in [0.05, 0.1) is 0 Å². The van der Waals surface area contributed by atoms with Crippen LogP contribution in [0.4, 0.5) is 14.6 Å². The lowest BCUT2D eigenvalue weighted by atomic mass is 9.81. The summed E-state index contributed by atoms with van der Waals surface area (Å²) in [6.07, 6.45) is 0.576. The molecule has 1 aliphatic carbocycles. The lowest BCUT2D eigenvalue weighted by Gasteiger charge is -2.37. The Morgan fingerprint density at radius 2 is 2.04 bits per heavy atom. The van der Waals surface area contributed by atoms with Crippen LogP contribution < -0.4 is 10.6 Å². The fourth-order valence-electron chi connectivity index (χ4n) is 3.55. The number of aromatic nitrogens is 2. The zero-order valence-electron chi connectivity index (χ0n) is 14.9. The Bertz CT molecular complexity index is 673. The molecule has 2 heterocycles. The second kappa shape index (κ2) is 6.48. The minimum Gasteiger partial charge on any atom is -0.355 e. The van der Waals surface area contributed by atoms with Crippen molar-refractivity contribution in [3.05, 3.63) is 17.1 Å². The van der Waals surface area contributed by atoms with Gasteiger partial charge in [0, 0.05) is 56.8 Å². The Hall–Kier alpha value is -1.83. The van der Waals surface area contributed by atoms with Crippen LogP contribution in [0.15, 0.2) is 0 Å². The Labute approximate surface area is 146 Å². The molecule has 1 saturated carbocycles. The summed E-state index contributed by atoms with van der Waals surface area (Å²) >= 11 is 0. The van der Waals surface area contributed by atoms with Crippen LogP contribution >= 0.6 is 0 Å². The summed E-state index contributed by atoms with van der Waals surface area (Å²) in [5, 5.41) is 0. The van der Waals surface area contributed by atoms with Crippen LogP contribution in [0.3, 0.4) is 0 Å². The molecule has 0 aromatic carbocycles. The van der Waals surface area contributed by atoms with Crippen LogP contribution in [0.5, 0.6) is 0 Å². The first kappa shape index (κ1) is 18.0. The Morgan fingerprint density at radius 3 is 2.60 bits per heavy atom. The summed E-state index contributed by atoms with van der Waals surface area (Å²) in [6, 6.07) is 0.108. The molecule has 0 radical (unpaired) electrons. The Morgan fingerprint density at radius 1 is 1.36 bits per heavy atom. The van der Waals surface area contributed by atoms with E-state index in [2.05, 4.69) is 14.9 Å². The molecule has 6 nitrogen and oxygen atoms in total. The maximum absolute atomic E-state index is 13.0. The molecule has 2 fully saturated rings. The van der Waals surface area contributed by atoms with Gasteiger partial charge in [0.15, 0.2) is 0 Å². The quantitative estimate of drug-likeness (QED) is 0.892. The van der Waals surface area contributed by atoms with Gasteiger partial charge in [-0.25, -0.2) is 18.7 Å². The zero-order valence-corrected chi connectivity index (χ0v) is 14.9. The number of amides is 1. The van der Waals surface area contributed by atoms with Crippen LogP contribution in [-0.4, -0.2) is 59.4 Å². The third-order valence-corrected chi connectivity index (χ3v) is 5.13. The van der Waals surface area contributed by atoms with Gasteiger partial charge in [0.2, 0.25) is 11.7 Å². The third-order valence-electron chi connectivity index (χ3n) is 5.13. The Kier molecular flexibility index (Phi) is 4.66. The summed E-state index contributed by atoms with van der Waals surface area (Å²) in [6.45, 7) is 5.59. The molecule has 0 bridgehead atoms. The highest BCUT2D eigenvalue weighted by molar-refractivity contribution is 5.90. The largest absolute Gasteiger partial charge is 0.355 e. The first-order valence-electron chi connectivity index (χ1n) is 8.65. The van der Waals surface area contributed by atoms with Crippen LogP contribution in [0.1, 0.15) is 41.1 Å². The molecule has 1 saturated heterocycles. The van der Waals surface area contributed by atoms with Crippen molar-refractivity contribution in [1.29, 1.82) is 0 Å². The van der Waals surface area contributed by atoms with E-state index in [0.29, 0.717) is 13.1 Å². The van der Waals surface area contributed by atoms with Crippen LogP contribution in [-0.2, 0) is 0 Å². The molecule has 0 spiro atoms. The van der Waals surface area contributed by atoms with Gasteiger partial charge in [-0.15, -0.1) is 0 Å². The van der Waals surface area contributed by atoms with Gasteiger partial charge in [-0.2, -0.15) is 0 Å². The van der Waals surface area contributed by atoms with Crippen molar-refractivity contribution in [2.75, 3.05) is 31.6 Å². The van der Waals surface area contributed by atoms with E-state index in [1.807, 2.05) is 13.8 Å². The number of alkyl halides is 2. The third kappa shape index (κ3) is 3.73. The number of hydrogen-bond donors (Lipinski definition) is 1. The average Bonchev–Trinajstić information content (AvgIpc) is 2.93. The summed E-state index contributed by atoms with van der Waals surface area (Å²) < 4.78 is 25.9. The van der Waals surface area contributed by atoms with Gasteiger partial charge in [-0.05, 0) is 26.2 Å². The molecule has 1 aromatic rings. The standard InChI is InChI=1S/C17H25F2N5O/c1-10-11(2)21-14(22-15(10)24-5-4-13(20)9-24)16(25)23(3)8-12-6-17(18,19)7-12/h12-13H,4-9,20H2,1-3H3/t13-/m1/s1. The zero-order chi connectivity index (χ0) is 18.4. The lowest BCUT2D eigenvalue weighted by molar-refractivity contribution is -0.113. The number of aryl methyl sites for hydroxylation is 1. The monoisotopic (exact) mass is 353 g/mol. The van der Waals surface area contributed by atoms with E-state index < -0.39 is 5.92 Å². The topological polar surface area (TPSA) is 75.4 Å². The number of anilines is 1. The Balaban J connectivity index is 1.75. The minimum absolute atomic E-state index is 0.108. The van der Waals surface area contributed by atoms with Gasteiger partial charge >= 0.3 is 0 Å². The summed E-state index contributed by atoms with van der Waals surface area (Å²) in [4.78, 5) is 25.0. The van der Waals surface area contributed by atoms with Crippen molar-refractivity contribution < 1.29 is 13.6 Å². The molecule has 3 rings (SSSR count). The van der Waals surface area contributed by atoms with Gasteiger partial charge < -0.3 is 15.5 Å². The summed E-state index contributed by atoms with van der Waals surface area (Å²) in [5.74, 6) is -2.21. The molecule has 1 amide bonds. The molecule has 1 aliphatic heterocycles. The van der Waals surface area contributed by atoms with Crippen molar-refractivity contribution in [3.8, 4) is 0 Å². The molecular formula is C17H25F2N5O. The van der Waals surface area contributed by atoms with E-state index in [9.17, 15) is 13.6 Å². The van der Waals surface area contributed by atoms with Crippen LogP contribution in [0.2, 0.25) is 0 Å². The van der Waals surface area contributed by atoms with Crippen LogP contribution in [0, 0.1) is 19.8 Å². The molecule has 0 unspecified atom stereocenters. The van der Waals surface area contributed by atoms with Crippen molar-refractivity contribution in [2.24, 2.45) is 11.7 Å². The number of rotatable bonds is 4. The van der Waals surface area contributed by atoms with E-state index in [1.54, 1.807) is 7.05 Å². The van der Waals surface area contributed by atoms with E-state index in [-0.39, 0.29) is 36.5 Å². The normalized spacial score (nSPS) is 22.8. The number of nitrogens with zero attached hydrogens (tertiary/aromatic N) is 4. The van der Waals surface area contributed by atoms with E-state index >= 15 is 0 Å². The first-order chi connectivity index (χ1) is 11.7. The van der Waals surface area contributed by atoms with Crippen LogP contribution in [0.25, 0.3) is 0 Å². The van der Waals surface area contributed by atoms with E-state index in [0.717, 1.165) is 30.0 Å². The maximum Gasteiger partial charge on any atom is 0.291 e. The van der Waals surface area contributed by atoms with Gasteiger partial charge in [0.25, 0.3) is 5.91 Å². The second-order valence-corrected chi connectivity index (χ2v) is 7.39. The van der Waals surface area contributed by atoms with Crippen molar-refractivity contribution in [3.63, 3.8) is 0 Å². The fraction of sp³-hybridized carbons (Fsp3) is 0.706. The predicted octanol–water partition coefficient (Wildman–Crippen LogP) is 1.75. The molecule has 2 N–H and O–H groups in total. The molecule has 2 aliphatic rings. The summed E-state index contributed by atoms with van der Waals surface area (Å²) in [5.41, 5.74) is 7.66. The second-order valence-electron chi connectivity index (χ2n) is 7.39. The molecular weight excluding hydrogens is 328 g/mol. The molecule has 1 aromatic heterocycles. The van der Waals surface area contributed by atoms with Gasteiger partial charge in [0.1, 0.15) is 5.82 Å².